The van der Waals surface area contributed by atoms with E-state index in [-0.39, 0.29) is 11.8 Å². The molecule has 0 saturated carbocycles. The van der Waals surface area contributed by atoms with E-state index in [1.54, 1.807) is 4.68 Å². The molecule has 3 heterocycles. The summed E-state index contributed by atoms with van der Waals surface area (Å²) in [6, 6.07) is 7.87. The summed E-state index contributed by atoms with van der Waals surface area (Å²) in [4.78, 5) is 14.7. The highest BCUT2D eigenvalue weighted by Crippen LogP contribution is 2.24. The van der Waals surface area contributed by atoms with Crippen LogP contribution in [0.25, 0.3) is 22.0 Å². The lowest BCUT2D eigenvalue weighted by molar-refractivity contribution is -0.121. The number of hydrogen-bond acceptors (Lipinski definition) is 5. The van der Waals surface area contributed by atoms with Gasteiger partial charge in [0.05, 0.1) is 11.7 Å². The fourth-order valence-corrected chi connectivity index (χ4v) is 3.36. The highest BCUT2D eigenvalue weighted by Gasteiger charge is 2.23. The smallest absolute Gasteiger partial charge is 0.228 e. The molecule has 1 aliphatic rings. The fourth-order valence-electron chi connectivity index (χ4n) is 3.36. The quantitative estimate of drug-likeness (QED) is 0.784. The molecule has 1 fully saturated rings. The van der Waals surface area contributed by atoms with E-state index < -0.39 is 0 Å². The minimum Gasteiger partial charge on any atom is -0.309 e. The van der Waals surface area contributed by atoms with Crippen molar-refractivity contribution in [3.05, 3.63) is 36.7 Å². The van der Waals surface area contributed by atoms with Gasteiger partial charge in [-0.1, -0.05) is 6.07 Å². The number of rotatable bonds is 3. The molecular weight excluding hydrogens is 328 g/mol. The maximum Gasteiger partial charge on any atom is 0.228 e. The van der Waals surface area contributed by atoms with Gasteiger partial charge in [0.25, 0.3) is 0 Å². The lowest BCUT2D eigenvalue weighted by atomic mass is 9.96. The third-order valence-corrected chi connectivity index (χ3v) is 4.96. The van der Waals surface area contributed by atoms with Crippen molar-refractivity contribution in [1.82, 2.24) is 24.9 Å². The average molecular weight is 350 g/mol. The second-order valence-corrected chi connectivity index (χ2v) is 6.97. The summed E-state index contributed by atoms with van der Waals surface area (Å²) in [7, 11) is 3.98. The number of likely N-dealkylation sites (tertiary alicyclic amines) is 1. The molecule has 0 spiro atoms. The van der Waals surface area contributed by atoms with Crippen LogP contribution in [0.1, 0.15) is 12.8 Å². The molecule has 7 nitrogen and oxygen atoms in total. The Hall–Kier alpha value is -2.80. The molecule has 7 heteroatoms. The summed E-state index contributed by atoms with van der Waals surface area (Å²) in [5.74, 6) is 0.588. The molecule has 1 N–H and O–H groups in total. The Morgan fingerprint density at radius 1 is 1.12 bits per heavy atom. The standard InChI is InChI=1S/C19H22N6O/c1-24-7-5-13(6-8-24)19(26)21-18-10-15-9-14(3-4-17(15)22-23-18)16-11-20-25(2)12-16/h3-4,9-13H,5-8H2,1-2H3,(H,21,23,26). The number of amides is 1. The van der Waals surface area contributed by atoms with Gasteiger partial charge >= 0.3 is 0 Å². The fraction of sp³-hybridized carbons (Fsp3) is 0.368. The topological polar surface area (TPSA) is 75.9 Å². The van der Waals surface area contributed by atoms with Gasteiger partial charge in [-0.25, -0.2) is 0 Å². The molecule has 0 atom stereocenters. The summed E-state index contributed by atoms with van der Waals surface area (Å²) in [6.45, 7) is 1.91. The summed E-state index contributed by atoms with van der Waals surface area (Å²) in [5, 5.41) is 16.5. The van der Waals surface area contributed by atoms with Gasteiger partial charge in [-0.05, 0) is 56.7 Å². The van der Waals surface area contributed by atoms with Crippen LogP contribution in [0.4, 0.5) is 5.82 Å². The molecule has 26 heavy (non-hydrogen) atoms. The summed E-state index contributed by atoms with van der Waals surface area (Å²) in [5.41, 5.74) is 2.91. The number of carbonyl (C=O) groups excluding carboxylic acids is 1. The van der Waals surface area contributed by atoms with Crippen LogP contribution in [0.3, 0.4) is 0 Å². The molecule has 134 valence electrons. The minimum absolute atomic E-state index is 0.0372. The Kier molecular flexibility index (Phi) is 4.38. The Labute approximate surface area is 152 Å². The lowest BCUT2D eigenvalue weighted by Gasteiger charge is -2.27. The van der Waals surface area contributed by atoms with Crippen LogP contribution in [0.2, 0.25) is 0 Å². The van der Waals surface area contributed by atoms with E-state index in [4.69, 9.17) is 0 Å². The predicted octanol–water partition coefficient (Wildman–Crippen LogP) is 2.31. The molecule has 3 aromatic rings. The molecule has 0 bridgehead atoms. The van der Waals surface area contributed by atoms with Crippen molar-refractivity contribution in [2.45, 2.75) is 12.8 Å². The maximum atomic E-state index is 12.5. The van der Waals surface area contributed by atoms with Crippen molar-refractivity contribution in [1.29, 1.82) is 0 Å². The first-order valence-corrected chi connectivity index (χ1v) is 8.84. The number of aryl methyl sites for hydroxylation is 1. The minimum atomic E-state index is 0.0372. The highest BCUT2D eigenvalue weighted by atomic mass is 16.2. The van der Waals surface area contributed by atoms with Crippen molar-refractivity contribution in [3.8, 4) is 11.1 Å². The van der Waals surface area contributed by atoms with Gasteiger partial charge in [0.15, 0.2) is 5.82 Å². The van der Waals surface area contributed by atoms with Gasteiger partial charge in [0.2, 0.25) is 5.91 Å². The van der Waals surface area contributed by atoms with Gasteiger partial charge in [-0.2, -0.15) is 5.10 Å². The number of fused-ring (bicyclic) bond motifs is 1. The first-order chi connectivity index (χ1) is 12.6. The van der Waals surface area contributed by atoms with Gasteiger partial charge in [-0.3, -0.25) is 9.48 Å². The molecule has 1 amide bonds. The number of aromatic nitrogens is 4. The number of hydrogen-bond donors (Lipinski definition) is 1. The van der Waals surface area contributed by atoms with E-state index in [2.05, 4.69) is 32.6 Å². The Morgan fingerprint density at radius 2 is 1.92 bits per heavy atom. The third kappa shape index (κ3) is 3.43. The zero-order valence-electron chi connectivity index (χ0n) is 15.0. The molecular formula is C19H22N6O. The first kappa shape index (κ1) is 16.7. The van der Waals surface area contributed by atoms with Crippen LogP contribution in [-0.2, 0) is 11.8 Å². The Bertz CT molecular complexity index is 942. The van der Waals surface area contributed by atoms with Gasteiger partial charge < -0.3 is 10.2 Å². The Balaban J connectivity index is 1.55. The SMILES string of the molecule is CN1CCC(C(=O)Nc2cc3cc(-c4cnn(C)c4)ccc3nn2)CC1. The summed E-state index contributed by atoms with van der Waals surface area (Å²) in [6.07, 6.45) is 5.57. The lowest BCUT2D eigenvalue weighted by Crippen LogP contribution is -2.36. The van der Waals surface area contributed by atoms with Crippen molar-refractivity contribution in [2.24, 2.45) is 13.0 Å². The summed E-state index contributed by atoms with van der Waals surface area (Å²) >= 11 is 0. The predicted molar refractivity (Wildman–Crippen MR) is 101 cm³/mol. The summed E-state index contributed by atoms with van der Waals surface area (Å²) < 4.78 is 1.78. The first-order valence-electron chi connectivity index (χ1n) is 8.84. The second-order valence-electron chi connectivity index (χ2n) is 6.97. The number of piperidine rings is 1. The van der Waals surface area contributed by atoms with Gasteiger partial charge in [0.1, 0.15) is 0 Å². The highest BCUT2D eigenvalue weighted by molar-refractivity contribution is 5.94. The van der Waals surface area contributed by atoms with E-state index in [1.165, 1.54) is 0 Å². The van der Waals surface area contributed by atoms with Crippen molar-refractivity contribution < 1.29 is 4.79 Å². The molecule has 1 saturated heterocycles. The van der Waals surface area contributed by atoms with E-state index in [1.807, 2.05) is 43.7 Å². The number of nitrogens with one attached hydrogen (secondary N) is 1. The van der Waals surface area contributed by atoms with Crippen molar-refractivity contribution in [3.63, 3.8) is 0 Å². The van der Waals surface area contributed by atoms with Crippen LogP contribution in [0, 0.1) is 5.92 Å². The maximum absolute atomic E-state index is 12.5. The van der Waals surface area contributed by atoms with Crippen LogP contribution >= 0.6 is 0 Å². The molecule has 4 rings (SSSR count). The molecule has 0 unspecified atom stereocenters. The number of nitrogens with zero attached hydrogens (tertiary/aromatic N) is 5. The van der Waals surface area contributed by atoms with Crippen molar-refractivity contribution in [2.75, 3.05) is 25.5 Å². The van der Waals surface area contributed by atoms with E-state index in [0.717, 1.165) is 48.0 Å². The molecule has 2 aromatic heterocycles. The number of carbonyl (C=O) groups is 1. The van der Waals surface area contributed by atoms with E-state index in [9.17, 15) is 4.79 Å². The van der Waals surface area contributed by atoms with Crippen LogP contribution in [-0.4, -0.2) is 50.9 Å². The molecule has 1 aliphatic heterocycles. The normalized spacial score (nSPS) is 16.1. The van der Waals surface area contributed by atoms with Crippen LogP contribution < -0.4 is 5.32 Å². The largest absolute Gasteiger partial charge is 0.309 e. The van der Waals surface area contributed by atoms with Crippen LogP contribution in [0.15, 0.2) is 36.7 Å². The average Bonchev–Trinajstić information content (AvgIpc) is 3.08. The third-order valence-electron chi connectivity index (χ3n) is 4.96. The molecule has 0 radical (unpaired) electrons. The molecule has 0 aliphatic carbocycles. The zero-order valence-corrected chi connectivity index (χ0v) is 15.0. The number of benzene rings is 1. The van der Waals surface area contributed by atoms with E-state index >= 15 is 0 Å². The van der Waals surface area contributed by atoms with Crippen molar-refractivity contribution >= 4 is 22.6 Å². The molecule has 1 aromatic carbocycles. The van der Waals surface area contributed by atoms with Gasteiger partial charge in [0, 0.05) is 30.1 Å². The second kappa shape index (κ2) is 6.84. The van der Waals surface area contributed by atoms with Crippen LogP contribution in [0.5, 0.6) is 0 Å². The monoisotopic (exact) mass is 350 g/mol. The number of anilines is 1. The van der Waals surface area contributed by atoms with Gasteiger partial charge in [-0.15, -0.1) is 10.2 Å². The van der Waals surface area contributed by atoms with E-state index in [0.29, 0.717) is 5.82 Å². The zero-order chi connectivity index (χ0) is 18.1. The Morgan fingerprint density at radius 3 is 2.65 bits per heavy atom.